The second kappa shape index (κ2) is 16.0. The molecular weight excluding hydrogens is 609 g/mol. The van der Waals surface area contributed by atoms with Crippen LogP contribution in [0.1, 0.15) is 33.1 Å². The van der Waals surface area contributed by atoms with Gasteiger partial charge in [-0.2, -0.15) is 5.48 Å². The molecule has 1 atom stereocenters. The van der Waals surface area contributed by atoms with Crippen molar-refractivity contribution in [2.24, 2.45) is 11.7 Å². The Kier molecular flexibility index (Phi) is 12.1. The predicted octanol–water partition coefficient (Wildman–Crippen LogP) is 4.80. The average molecular weight is 649 g/mol. The quantitative estimate of drug-likeness (QED) is 0.162. The molecule has 2 aromatic carbocycles. The average Bonchev–Trinajstić information content (AvgIpc) is 3.00. The van der Waals surface area contributed by atoms with E-state index in [4.69, 9.17) is 38.4 Å². The Hall–Kier alpha value is -3.51. The Bertz CT molecular complexity index is 1490. The zero-order valence-electron chi connectivity index (χ0n) is 25.0. The van der Waals surface area contributed by atoms with Gasteiger partial charge in [-0.1, -0.05) is 43.1 Å². The lowest BCUT2D eigenvalue weighted by molar-refractivity contribution is -0.133. The zero-order chi connectivity index (χ0) is 31.6. The molecule has 0 saturated carbocycles. The number of pyridine rings is 1. The lowest BCUT2D eigenvalue weighted by Crippen LogP contribution is -2.46. The standard InChI is InChI=1S/C31H39Cl2N5O6/c1-21(2)18-25(34)30(40)35-44-31(41)43-20-38-27-19-23(10-8-22(27)9-11-28(38)39)42-17-4-3-12-36-13-15-37(16-14-36)26-7-5-6-24(32)29(26)33/h5-11,19,21,25H,3-4,12-18,20,34H2,1-2H3,(H,35,40). The number of nitrogens with one attached hydrogen (secondary N) is 1. The van der Waals surface area contributed by atoms with E-state index in [2.05, 4.69) is 14.6 Å². The van der Waals surface area contributed by atoms with E-state index < -0.39 is 24.8 Å². The summed E-state index contributed by atoms with van der Waals surface area (Å²) in [5.74, 6) is 0.156. The van der Waals surface area contributed by atoms with E-state index in [1.165, 1.54) is 10.6 Å². The summed E-state index contributed by atoms with van der Waals surface area (Å²) in [6.07, 6.45) is 1.10. The summed E-state index contributed by atoms with van der Waals surface area (Å²) in [7, 11) is 0. The third-order valence-electron chi connectivity index (χ3n) is 7.35. The van der Waals surface area contributed by atoms with E-state index >= 15 is 0 Å². The number of aromatic nitrogens is 1. The number of rotatable bonds is 12. The summed E-state index contributed by atoms with van der Waals surface area (Å²) in [5.41, 5.74) is 8.90. The number of carbonyl (C=O) groups is 2. The fourth-order valence-corrected chi connectivity index (χ4v) is 5.41. The van der Waals surface area contributed by atoms with E-state index in [1.54, 1.807) is 18.2 Å². The van der Waals surface area contributed by atoms with Crippen molar-refractivity contribution in [2.75, 3.05) is 44.2 Å². The highest BCUT2D eigenvalue weighted by Crippen LogP contribution is 2.33. The number of piperazine rings is 1. The van der Waals surface area contributed by atoms with Crippen molar-refractivity contribution in [3.63, 3.8) is 0 Å². The maximum atomic E-state index is 12.6. The second-order valence-electron chi connectivity index (χ2n) is 11.1. The molecule has 1 aromatic heterocycles. The van der Waals surface area contributed by atoms with Gasteiger partial charge in [-0.05, 0) is 67.4 Å². The van der Waals surface area contributed by atoms with Crippen molar-refractivity contribution in [2.45, 2.75) is 45.9 Å². The molecule has 238 valence electrons. The molecule has 0 spiro atoms. The van der Waals surface area contributed by atoms with Gasteiger partial charge in [-0.25, -0.2) is 4.79 Å². The number of ether oxygens (including phenoxy) is 2. The summed E-state index contributed by atoms with van der Waals surface area (Å²) in [6.45, 7) is 8.58. The molecule has 4 rings (SSSR count). The molecule has 1 aliphatic rings. The number of hydroxylamine groups is 1. The number of nitrogens with zero attached hydrogens (tertiary/aromatic N) is 3. The Balaban J connectivity index is 1.22. The van der Waals surface area contributed by atoms with Crippen LogP contribution in [0.2, 0.25) is 10.0 Å². The number of halogens is 2. The van der Waals surface area contributed by atoms with Gasteiger partial charge in [-0.3, -0.25) is 19.1 Å². The van der Waals surface area contributed by atoms with Crippen LogP contribution >= 0.6 is 23.2 Å². The van der Waals surface area contributed by atoms with Crippen LogP contribution in [0, 0.1) is 5.92 Å². The molecule has 1 saturated heterocycles. The first-order valence-corrected chi connectivity index (χ1v) is 15.4. The number of benzene rings is 2. The molecule has 1 aliphatic heterocycles. The third kappa shape index (κ3) is 9.25. The maximum Gasteiger partial charge on any atom is 0.535 e. The summed E-state index contributed by atoms with van der Waals surface area (Å²) in [4.78, 5) is 46.0. The molecule has 13 heteroatoms. The molecular formula is C31H39Cl2N5O6. The van der Waals surface area contributed by atoms with Crippen LogP contribution < -0.4 is 26.4 Å². The minimum absolute atomic E-state index is 0.198. The monoisotopic (exact) mass is 647 g/mol. The first kappa shape index (κ1) is 33.4. The smallest absolute Gasteiger partial charge is 0.494 e. The molecule has 0 radical (unpaired) electrons. The Morgan fingerprint density at radius 2 is 1.77 bits per heavy atom. The number of amides is 1. The second-order valence-corrected chi connectivity index (χ2v) is 11.9. The van der Waals surface area contributed by atoms with E-state index in [0.717, 1.165) is 56.6 Å². The number of fused-ring (bicyclic) bond motifs is 1. The molecule has 3 N–H and O–H groups in total. The number of unbranched alkanes of at least 4 members (excludes halogenated alkanes) is 1. The van der Waals surface area contributed by atoms with Crippen LogP contribution in [-0.4, -0.2) is 66.9 Å². The Labute approximate surface area is 266 Å². The molecule has 1 unspecified atom stereocenters. The van der Waals surface area contributed by atoms with Gasteiger partial charge in [0.1, 0.15) is 5.75 Å². The summed E-state index contributed by atoms with van der Waals surface area (Å²) < 4.78 is 12.3. The van der Waals surface area contributed by atoms with Gasteiger partial charge in [0.05, 0.1) is 33.9 Å². The van der Waals surface area contributed by atoms with Crippen molar-refractivity contribution >= 4 is 51.9 Å². The van der Waals surface area contributed by atoms with Crippen LogP contribution in [0.3, 0.4) is 0 Å². The van der Waals surface area contributed by atoms with E-state index in [1.807, 2.05) is 43.6 Å². The number of carbonyl (C=O) groups excluding carboxylic acids is 2. The largest absolute Gasteiger partial charge is 0.535 e. The van der Waals surface area contributed by atoms with Crippen LogP contribution in [0.5, 0.6) is 5.75 Å². The van der Waals surface area contributed by atoms with E-state index in [-0.39, 0.29) is 11.5 Å². The minimum atomic E-state index is -1.17. The van der Waals surface area contributed by atoms with Crippen LogP contribution in [-0.2, 0) is 21.1 Å². The van der Waals surface area contributed by atoms with Crippen LogP contribution in [0.4, 0.5) is 10.5 Å². The number of hydrogen-bond acceptors (Lipinski definition) is 9. The predicted molar refractivity (Wildman–Crippen MR) is 171 cm³/mol. The molecule has 11 nitrogen and oxygen atoms in total. The highest BCUT2D eigenvalue weighted by Gasteiger charge is 2.20. The van der Waals surface area contributed by atoms with Gasteiger partial charge in [0, 0.05) is 38.3 Å². The fraction of sp³-hybridized carbons (Fsp3) is 0.452. The van der Waals surface area contributed by atoms with Gasteiger partial charge in [-0.15, -0.1) is 0 Å². The van der Waals surface area contributed by atoms with Crippen LogP contribution in [0.15, 0.2) is 53.3 Å². The normalized spacial score (nSPS) is 14.5. The van der Waals surface area contributed by atoms with Crippen molar-refractivity contribution in [3.8, 4) is 5.75 Å². The molecule has 0 aliphatic carbocycles. The van der Waals surface area contributed by atoms with E-state index in [9.17, 15) is 14.4 Å². The SMILES string of the molecule is CC(C)CC(N)C(=O)NOC(=O)OCn1c(=O)ccc2ccc(OCCCCN3CCN(c4cccc(Cl)c4Cl)CC3)cc21. The van der Waals surface area contributed by atoms with Crippen molar-refractivity contribution in [1.29, 1.82) is 0 Å². The molecule has 0 bridgehead atoms. The topological polar surface area (TPSA) is 128 Å². The van der Waals surface area contributed by atoms with Gasteiger partial charge in [0.15, 0.2) is 6.73 Å². The number of hydrogen-bond donors (Lipinski definition) is 2. The summed E-state index contributed by atoms with van der Waals surface area (Å²) in [6, 6.07) is 13.4. The highest BCUT2D eigenvalue weighted by molar-refractivity contribution is 6.43. The first-order chi connectivity index (χ1) is 21.1. The fourth-order valence-electron chi connectivity index (χ4n) is 5.00. The van der Waals surface area contributed by atoms with Crippen LogP contribution in [0.25, 0.3) is 10.9 Å². The van der Waals surface area contributed by atoms with Gasteiger partial charge < -0.3 is 24.9 Å². The minimum Gasteiger partial charge on any atom is -0.494 e. The van der Waals surface area contributed by atoms with Crippen molar-refractivity contribution in [1.82, 2.24) is 14.9 Å². The molecule has 1 amide bonds. The van der Waals surface area contributed by atoms with E-state index in [0.29, 0.717) is 34.3 Å². The Morgan fingerprint density at radius 1 is 1.02 bits per heavy atom. The molecule has 2 heterocycles. The molecule has 44 heavy (non-hydrogen) atoms. The lowest BCUT2D eigenvalue weighted by Gasteiger charge is -2.36. The molecule has 3 aromatic rings. The molecule has 1 fully saturated rings. The highest BCUT2D eigenvalue weighted by atomic mass is 35.5. The van der Waals surface area contributed by atoms with Gasteiger partial charge in [0.25, 0.3) is 11.5 Å². The first-order valence-electron chi connectivity index (χ1n) is 14.7. The van der Waals surface area contributed by atoms with Gasteiger partial charge in [0.2, 0.25) is 0 Å². The third-order valence-corrected chi connectivity index (χ3v) is 8.16. The zero-order valence-corrected chi connectivity index (χ0v) is 26.5. The Morgan fingerprint density at radius 3 is 2.52 bits per heavy atom. The number of anilines is 1. The lowest BCUT2D eigenvalue weighted by atomic mass is 10.0. The van der Waals surface area contributed by atoms with Crippen molar-refractivity contribution < 1.29 is 23.9 Å². The van der Waals surface area contributed by atoms with Gasteiger partial charge >= 0.3 is 6.16 Å². The van der Waals surface area contributed by atoms with Crippen molar-refractivity contribution in [3.05, 3.63) is 68.9 Å². The summed E-state index contributed by atoms with van der Waals surface area (Å²) >= 11 is 12.6. The summed E-state index contributed by atoms with van der Waals surface area (Å²) in [5, 5.41) is 1.93. The maximum absolute atomic E-state index is 12.6. The number of nitrogens with two attached hydrogens (primary N) is 1.